The normalized spacial score (nSPS) is 25.4. The van der Waals surface area contributed by atoms with Crippen LogP contribution in [0.2, 0.25) is 0 Å². The maximum Gasteiger partial charge on any atom is 0.271 e. The standard InChI is InChI=1S/C23H17FN4O5/c1-12-4-9-15(28(32)33)11-17(12)26-22(30)18-16-3-2-10-25-27(16)20(19(18)23(26)31)21(29)13-5-7-14(24)8-6-13/h2-11,16,18-20H,1H3/t16-,18-,19-,20+/m0/s1. The number of nitrogens with zero attached hydrogens (tertiary/aromatic N) is 4. The number of anilines is 1. The first-order chi connectivity index (χ1) is 15.8. The Labute approximate surface area is 186 Å². The van der Waals surface area contributed by atoms with Gasteiger partial charge in [-0.3, -0.25) is 29.5 Å². The largest absolute Gasteiger partial charge is 0.292 e. The summed E-state index contributed by atoms with van der Waals surface area (Å²) in [5.74, 6) is -4.06. The Hall–Kier alpha value is -4.21. The lowest BCUT2D eigenvalue weighted by Crippen LogP contribution is -2.46. The summed E-state index contributed by atoms with van der Waals surface area (Å²) in [6.07, 6.45) is 4.82. The molecule has 0 radical (unpaired) electrons. The maximum atomic E-state index is 13.6. The van der Waals surface area contributed by atoms with Crippen LogP contribution in [0.15, 0.2) is 59.7 Å². The molecule has 3 heterocycles. The Morgan fingerprint density at radius 2 is 1.79 bits per heavy atom. The molecule has 2 aromatic rings. The number of allylic oxidation sites excluding steroid dienone is 1. The number of halogens is 1. The Morgan fingerprint density at radius 3 is 2.48 bits per heavy atom. The van der Waals surface area contributed by atoms with Gasteiger partial charge in [0.2, 0.25) is 11.8 Å². The van der Waals surface area contributed by atoms with Crippen molar-refractivity contribution >= 4 is 35.2 Å². The van der Waals surface area contributed by atoms with E-state index in [2.05, 4.69) is 5.10 Å². The lowest BCUT2D eigenvalue weighted by Gasteiger charge is -2.30. The van der Waals surface area contributed by atoms with Crippen molar-refractivity contribution in [3.63, 3.8) is 0 Å². The highest BCUT2D eigenvalue weighted by atomic mass is 19.1. The minimum absolute atomic E-state index is 0.122. The molecule has 33 heavy (non-hydrogen) atoms. The second kappa shape index (κ2) is 7.44. The van der Waals surface area contributed by atoms with E-state index in [4.69, 9.17) is 0 Å². The molecule has 2 fully saturated rings. The number of rotatable bonds is 4. The molecule has 0 unspecified atom stereocenters. The molecule has 166 valence electrons. The summed E-state index contributed by atoms with van der Waals surface area (Å²) < 4.78 is 13.4. The van der Waals surface area contributed by atoms with Crippen LogP contribution < -0.4 is 4.90 Å². The monoisotopic (exact) mass is 448 g/mol. The summed E-state index contributed by atoms with van der Waals surface area (Å²) in [6.45, 7) is 1.64. The summed E-state index contributed by atoms with van der Waals surface area (Å²) in [6, 6.07) is 7.21. The molecule has 0 aromatic heterocycles. The van der Waals surface area contributed by atoms with Crippen molar-refractivity contribution in [2.75, 3.05) is 4.90 Å². The topological polar surface area (TPSA) is 113 Å². The quantitative estimate of drug-likeness (QED) is 0.308. The van der Waals surface area contributed by atoms with E-state index in [1.807, 2.05) is 0 Å². The Bertz CT molecular complexity index is 1270. The number of benzene rings is 2. The number of nitro groups is 1. The zero-order chi connectivity index (χ0) is 23.4. The van der Waals surface area contributed by atoms with Gasteiger partial charge < -0.3 is 0 Å². The number of hydrogen-bond acceptors (Lipinski definition) is 7. The third kappa shape index (κ3) is 3.05. The van der Waals surface area contributed by atoms with E-state index in [-0.39, 0.29) is 16.9 Å². The smallest absolute Gasteiger partial charge is 0.271 e. The van der Waals surface area contributed by atoms with Gasteiger partial charge in [0.05, 0.1) is 28.5 Å². The minimum Gasteiger partial charge on any atom is -0.292 e. The number of ketones is 1. The van der Waals surface area contributed by atoms with Gasteiger partial charge >= 0.3 is 0 Å². The Kier molecular flexibility index (Phi) is 4.66. The summed E-state index contributed by atoms with van der Waals surface area (Å²) in [4.78, 5) is 52.1. The molecule has 2 amide bonds. The van der Waals surface area contributed by atoms with E-state index in [0.717, 1.165) is 17.0 Å². The summed E-state index contributed by atoms with van der Waals surface area (Å²) >= 11 is 0. The minimum atomic E-state index is -1.08. The van der Waals surface area contributed by atoms with E-state index in [1.54, 1.807) is 19.1 Å². The number of fused-ring (bicyclic) bond motifs is 3. The second-order valence-electron chi connectivity index (χ2n) is 8.13. The number of Topliss-reactive ketones (excluding diaryl/α,β-unsaturated/α-hetero) is 1. The van der Waals surface area contributed by atoms with Crippen molar-refractivity contribution in [3.8, 4) is 0 Å². The van der Waals surface area contributed by atoms with E-state index in [1.165, 1.54) is 41.6 Å². The third-order valence-electron chi connectivity index (χ3n) is 6.33. The van der Waals surface area contributed by atoms with Gasteiger partial charge in [0.15, 0.2) is 5.78 Å². The second-order valence-corrected chi connectivity index (χ2v) is 8.13. The number of hydrogen-bond donors (Lipinski definition) is 0. The number of aryl methyl sites for hydroxylation is 1. The molecule has 0 spiro atoms. The van der Waals surface area contributed by atoms with Crippen LogP contribution in [0.3, 0.4) is 0 Å². The summed E-state index contributed by atoms with van der Waals surface area (Å²) in [5, 5.41) is 17.0. The van der Waals surface area contributed by atoms with Gasteiger partial charge in [0.1, 0.15) is 11.9 Å². The molecule has 4 atom stereocenters. The molecule has 10 heteroatoms. The van der Waals surface area contributed by atoms with Crippen molar-refractivity contribution in [2.45, 2.75) is 19.0 Å². The van der Waals surface area contributed by atoms with Gasteiger partial charge in [0, 0.05) is 23.9 Å². The summed E-state index contributed by atoms with van der Waals surface area (Å²) in [7, 11) is 0. The summed E-state index contributed by atoms with van der Waals surface area (Å²) in [5.41, 5.74) is 0.570. The highest BCUT2D eigenvalue weighted by Gasteiger charge is 2.64. The molecule has 3 aliphatic heterocycles. The van der Waals surface area contributed by atoms with E-state index >= 15 is 0 Å². The van der Waals surface area contributed by atoms with E-state index in [0.29, 0.717) is 5.56 Å². The van der Waals surface area contributed by atoms with Gasteiger partial charge in [-0.15, -0.1) is 0 Å². The first kappa shape index (κ1) is 20.7. The molecule has 0 aliphatic carbocycles. The molecule has 0 bridgehead atoms. The van der Waals surface area contributed by atoms with Gasteiger partial charge in [-0.1, -0.05) is 12.1 Å². The lowest BCUT2D eigenvalue weighted by molar-refractivity contribution is -0.384. The first-order valence-electron chi connectivity index (χ1n) is 10.2. The van der Waals surface area contributed by atoms with E-state index in [9.17, 15) is 28.9 Å². The Morgan fingerprint density at radius 1 is 1.09 bits per heavy atom. The number of nitro benzene ring substituents is 1. The van der Waals surface area contributed by atoms with Crippen molar-refractivity contribution in [2.24, 2.45) is 16.9 Å². The maximum absolute atomic E-state index is 13.6. The number of non-ortho nitro benzene ring substituents is 1. The van der Waals surface area contributed by atoms with Crippen molar-refractivity contribution in [1.29, 1.82) is 0 Å². The fraction of sp³-hybridized carbons (Fsp3) is 0.217. The molecule has 0 N–H and O–H groups in total. The molecule has 2 aromatic carbocycles. The zero-order valence-electron chi connectivity index (χ0n) is 17.3. The SMILES string of the molecule is Cc1ccc([N+](=O)[O-])cc1N1C(=O)[C@@H]2[C@H](C1=O)[C@H](C(=O)c1ccc(F)cc1)N1N=CC=C[C@@H]21. The van der Waals surface area contributed by atoms with Crippen LogP contribution in [0.25, 0.3) is 0 Å². The lowest BCUT2D eigenvalue weighted by atomic mass is 9.86. The molecule has 3 aliphatic rings. The van der Waals surface area contributed by atoms with Gasteiger partial charge in [-0.05, 0) is 42.8 Å². The van der Waals surface area contributed by atoms with Crippen molar-refractivity contribution < 1.29 is 23.7 Å². The number of carbonyl (C=O) groups is 3. The fourth-order valence-electron chi connectivity index (χ4n) is 4.81. The molecular formula is C23H17FN4O5. The van der Waals surface area contributed by atoms with Crippen LogP contribution in [0.5, 0.6) is 0 Å². The molecule has 0 saturated carbocycles. The van der Waals surface area contributed by atoms with Crippen LogP contribution in [-0.2, 0) is 9.59 Å². The van der Waals surface area contributed by atoms with Gasteiger partial charge in [-0.25, -0.2) is 9.29 Å². The Balaban J connectivity index is 1.59. The average Bonchev–Trinajstić information content (AvgIpc) is 3.27. The van der Waals surface area contributed by atoms with Crippen LogP contribution in [-0.4, -0.2) is 45.8 Å². The third-order valence-corrected chi connectivity index (χ3v) is 6.33. The molecule has 9 nitrogen and oxygen atoms in total. The van der Waals surface area contributed by atoms with Crippen molar-refractivity contribution in [3.05, 3.63) is 81.7 Å². The number of hydrazone groups is 1. The number of imide groups is 1. The van der Waals surface area contributed by atoms with Gasteiger partial charge in [-0.2, -0.15) is 5.10 Å². The predicted molar refractivity (Wildman–Crippen MR) is 115 cm³/mol. The number of carbonyl (C=O) groups excluding carboxylic acids is 3. The fourth-order valence-corrected chi connectivity index (χ4v) is 4.81. The van der Waals surface area contributed by atoms with E-state index < -0.39 is 52.3 Å². The molecule has 2 saturated heterocycles. The van der Waals surface area contributed by atoms with Crippen LogP contribution in [0.1, 0.15) is 15.9 Å². The highest BCUT2D eigenvalue weighted by molar-refractivity contribution is 6.25. The zero-order valence-corrected chi connectivity index (χ0v) is 17.3. The van der Waals surface area contributed by atoms with Crippen LogP contribution in [0.4, 0.5) is 15.8 Å². The average molecular weight is 448 g/mol. The molecule has 5 rings (SSSR count). The molecular weight excluding hydrogens is 431 g/mol. The number of amides is 2. The van der Waals surface area contributed by atoms with Gasteiger partial charge in [0.25, 0.3) is 5.69 Å². The first-order valence-corrected chi connectivity index (χ1v) is 10.2. The highest BCUT2D eigenvalue weighted by Crippen LogP contribution is 2.47. The van der Waals surface area contributed by atoms with Crippen LogP contribution in [0, 0.1) is 34.7 Å². The van der Waals surface area contributed by atoms with Crippen molar-refractivity contribution in [1.82, 2.24) is 5.01 Å². The predicted octanol–water partition coefficient (Wildman–Crippen LogP) is 2.64. The van der Waals surface area contributed by atoms with Crippen LogP contribution >= 0.6 is 0 Å².